The molecule has 3 heterocycles. The van der Waals surface area contributed by atoms with E-state index in [0.29, 0.717) is 35.8 Å². The lowest BCUT2D eigenvalue weighted by atomic mass is 10.2. The van der Waals surface area contributed by atoms with E-state index in [2.05, 4.69) is 10.3 Å². The van der Waals surface area contributed by atoms with E-state index >= 15 is 0 Å². The molecular formula is C19H17N3O4S. The lowest BCUT2D eigenvalue weighted by Crippen LogP contribution is -2.28. The number of aromatic nitrogens is 2. The van der Waals surface area contributed by atoms with Gasteiger partial charge in [0.15, 0.2) is 11.5 Å². The lowest BCUT2D eigenvalue weighted by molar-refractivity contribution is -0.116. The van der Waals surface area contributed by atoms with Gasteiger partial charge in [-0.25, -0.2) is 4.98 Å². The second-order valence-corrected chi connectivity index (χ2v) is 7.71. The summed E-state index contributed by atoms with van der Waals surface area (Å²) >= 11 is 1.59. The topological polar surface area (TPSA) is 82.5 Å². The van der Waals surface area contributed by atoms with Gasteiger partial charge in [0.05, 0.1) is 11.7 Å². The van der Waals surface area contributed by atoms with Gasteiger partial charge in [0.25, 0.3) is 5.56 Å². The highest BCUT2D eigenvalue weighted by Crippen LogP contribution is 2.34. The van der Waals surface area contributed by atoms with Gasteiger partial charge in [-0.1, -0.05) is 0 Å². The molecule has 3 aromatic rings. The molecular weight excluding hydrogens is 366 g/mol. The smallest absolute Gasteiger partial charge is 0.262 e. The highest BCUT2D eigenvalue weighted by atomic mass is 32.1. The molecule has 0 saturated heterocycles. The summed E-state index contributed by atoms with van der Waals surface area (Å²) in [5.74, 6) is 0.978. The van der Waals surface area contributed by atoms with Crippen LogP contribution in [0.1, 0.15) is 16.9 Å². The summed E-state index contributed by atoms with van der Waals surface area (Å²) in [6.07, 6.45) is 4.47. The van der Waals surface area contributed by atoms with Crippen LogP contribution in [-0.4, -0.2) is 28.7 Å². The van der Waals surface area contributed by atoms with Crippen molar-refractivity contribution in [2.45, 2.75) is 25.8 Å². The van der Waals surface area contributed by atoms with Crippen molar-refractivity contribution in [3.8, 4) is 11.5 Å². The van der Waals surface area contributed by atoms with E-state index in [1.807, 2.05) is 0 Å². The van der Waals surface area contributed by atoms with Gasteiger partial charge in [-0.05, 0) is 37.0 Å². The molecule has 0 unspecified atom stereocenters. The number of carbonyl (C=O) groups is 1. The zero-order valence-corrected chi connectivity index (χ0v) is 15.3. The maximum absolute atomic E-state index is 12.8. The van der Waals surface area contributed by atoms with E-state index in [1.54, 1.807) is 29.5 Å². The number of benzene rings is 1. The van der Waals surface area contributed by atoms with Crippen molar-refractivity contribution in [1.82, 2.24) is 9.55 Å². The van der Waals surface area contributed by atoms with Crippen LogP contribution in [0.5, 0.6) is 11.5 Å². The minimum absolute atomic E-state index is 0.0825. The lowest BCUT2D eigenvalue weighted by Gasteiger charge is -2.19. The summed E-state index contributed by atoms with van der Waals surface area (Å²) in [6.45, 7) is 0.917. The van der Waals surface area contributed by atoms with Crippen LogP contribution in [0.25, 0.3) is 10.2 Å². The van der Waals surface area contributed by atoms with Crippen LogP contribution in [0, 0.1) is 0 Å². The summed E-state index contributed by atoms with van der Waals surface area (Å²) in [4.78, 5) is 31.7. The van der Waals surface area contributed by atoms with Crippen molar-refractivity contribution >= 4 is 33.1 Å². The third kappa shape index (κ3) is 2.86. The van der Waals surface area contributed by atoms with E-state index in [0.717, 1.165) is 29.7 Å². The summed E-state index contributed by atoms with van der Waals surface area (Å²) in [5, 5.41) is 3.49. The fourth-order valence-electron chi connectivity index (χ4n) is 3.61. The predicted octanol–water partition coefficient (Wildman–Crippen LogP) is 2.36. The Labute approximate surface area is 158 Å². The van der Waals surface area contributed by atoms with Crippen LogP contribution >= 0.6 is 11.3 Å². The number of ether oxygens (including phenoxy) is 2. The number of carbonyl (C=O) groups excluding carboxylic acids is 1. The van der Waals surface area contributed by atoms with E-state index < -0.39 is 0 Å². The summed E-state index contributed by atoms with van der Waals surface area (Å²) in [7, 11) is 0. The molecule has 7 nitrogen and oxygen atoms in total. The van der Waals surface area contributed by atoms with Crippen molar-refractivity contribution in [3.63, 3.8) is 0 Å². The predicted molar refractivity (Wildman–Crippen MR) is 102 cm³/mol. The van der Waals surface area contributed by atoms with E-state index in [9.17, 15) is 9.59 Å². The Morgan fingerprint density at radius 3 is 2.96 bits per heavy atom. The standard InChI is InChI=1S/C19H17N3O4S/c23-16(21-11-4-5-13-14(8-11)26-7-6-25-13)9-22-10-20-18-17(19(22)24)12-2-1-3-15(12)27-18/h4-5,8,10H,1-3,6-7,9H2,(H,21,23). The Morgan fingerprint density at radius 2 is 2.07 bits per heavy atom. The third-order valence-electron chi connectivity index (χ3n) is 4.83. The highest BCUT2D eigenvalue weighted by Gasteiger charge is 2.21. The molecule has 0 atom stereocenters. The molecule has 8 heteroatoms. The van der Waals surface area contributed by atoms with E-state index in [4.69, 9.17) is 9.47 Å². The van der Waals surface area contributed by atoms with Gasteiger partial charge in [-0.2, -0.15) is 0 Å². The fraction of sp³-hybridized carbons (Fsp3) is 0.316. The van der Waals surface area contributed by atoms with Crippen LogP contribution in [0.15, 0.2) is 29.3 Å². The number of nitrogens with one attached hydrogen (secondary N) is 1. The Bertz CT molecular complexity index is 1120. The molecule has 2 aliphatic rings. The molecule has 0 saturated carbocycles. The minimum Gasteiger partial charge on any atom is -0.486 e. The normalized spacial score (nSPS) is 15.0. The van der Waals surface area contributed by atoms with E-state index in [1.165, 1.54) is 15.8 Å². The summed E-state index contributed by atoms with van der Waals surface area (Å²) < 4.78 is 12.4. The molecule has 1 N–H and O–H groups in total. The molecule has 1 aromatic carbocycles. The molecule has 1 amide bonds. The minimum atomic E-state index is -0.290. The molecule has 27 heavy (non-hydrogen) atoms. The monoisotopic (exact) mass is 383 g/mol. The first-order valence-corrected chi connectivity index (χ1v) is 9.70. The van der Waals surface area contributed by atoms with Crippen LogP contribution in [0.4, 0.5) is 5.69 Å². The van der Waals surface area contributed by atoms with Gasteiger partial charge >= 0.3 is 0 Å². The van der Waals surface area contributed by atoms with Crippen LogP contribution in [-0.2, 0) is 24.2 Å². The molecule has 0 spiro atoms. The van der Waals surface area contributed by atoms with Crippen molar-refractivity contribution in [1.29, 1.82) is 0 Å². The van der Waals surface area contributed by atoms with Gasteiger partial charge in [-0.15, -0.1) is 11.3 Å². The highest BCUT2D eigenvalue weighted by molar-refractivity contribution is 7.18. The molecule has 138 valence electrons. The number of rotatable bonds is 3. The quantitative estimate of drug-likeness (QED) is 0.751. The average Bonchev–Trinajstić information content (AvgIpc) is 3.25. The largest absolute Gasteiger partial charge is 0.486 e. The second kappa shape index (κ2) is 6.38. The Balaban J connectivity index is 1.38. The zero-order chi connectivity index (χ0) is 18.4. The van der Waals surface area contributed by atoms with Crippen LogP contribution < -0.4 is 20.3 Å². The van der Waals surface area contributed by atoms with Crippen LogP contribution in [0.3, 0.4) is 0 Å². The molecule has 2 aromatic heterocycles. The van der Waals surface area contributed by atoms with E-state index in [-0.39, 0.29) is 18.0 Å². The van der Waals surface area contributed by atoms with Crippen molar-refractivity contribution < 1.29 is 14.3 Å². The number of thiophene rings is 1. The molecule has 1 aliphatic heterocycles. The molecule has 5 rings (SSSR count). The van der Waals surface area contributed by atoms with Gasteiger partial charge < -0.3 is 14.8 Å². The number of hydrogen-bond donors (Lipinski definition) is 1. The number of hydrogen-bond acceptors (Lipinski definition) is 6. The Hall–Kier alpha value is -2.87. The van der Waals surface area contributed by atoms with Crippen molar-refractivity contribution in [2.24, 2.45) is 0 Å². The second-order valence-electron chi connectivity index (χ2n) is 6.62. The molecule has 1 aliphatic carbocycles. The first-order chi connectivity index (χ1) is 13.2. The Kier molecular flexibility index (Phi) is 3.86. The number of amides is 1. The average molecular weight is 383 g/mol. The van der Waals surface area contributed by atoms with Crippen molar-refractivity contribution in [3.05, 3.63) is 45.3 Å². The Morgan fingerprint density at radius 1 is 1.22 bits per heavy atom. The van der Waals surface area contributed by atoms with Gasteiger partial charge in [-0.3, -0.25) is 14.2 Å². The molecule has 0 radical (unpaired) electrons. The SMILES string of the molecule is O=C(Cn1cnc2sc3c(c2c1=O)CCC3)Nc1ccc2c(c1)OCCO2. The van der Waals surface area contributed by atoms with Gasteiger partial charge in [0.2, 0.25) is 5.91 Å². The number of anilines is 1. The fourth-order valence-corrected chi connectivity index (χ4v) is 4.83. The number of fused-ring (bicyclic) bond motifs is 4. The van der Waals surface area contributed by atoms with Gasteiger partial charge in [0, 0.05) is 16.6 Å². The number of nitrogens with zero attached hydrogens (tertiary/aromatic N) is 2. The van der Waals surface area contributed by atoms with Crippen LogP contribution in [0.2, 0.25) is 0 Å². The third-order valence-corrected chi connectivity index (χ3v) is 6.03. The zero-order valence-electron chi connectivity index (χ0n) is 14.5. The van der Waals surface area contributed by atoms with Crippen molar-refractivity contribution in [2.75, 3.05) is 18.5 Å². The summed E-state index contributed by atoms with van der Waals surface area (Å²) in [6, 6.07) is 5.24. The maximum atomic E-state index is 12.8. The molecule has 0 fully saturated rings. The first-order valence-electron chi connectivity index (χ1n) is 8.88. The number of aryl methyl sites for hydroxylation is 2. The molecule has 0 bridgehead atoms. The first kappa shape index (κ1) is 16.3. The maximum Gasteiger partial charge on any atom is 0.262 e. The van der Waals surface area contributed by atoms with Gasteiger partial charge in [0.1, 0.15) is 24.6 Å². The summed E-state index contributed by atoms with van der Waals surface area (Å²) in [5.41, 5.74) is 1.58.